The predicted octanol–water partition coefficient (Wildman–Crippen LogP) is 2.65. The molecule has 18 heavy (non-hydrogen) atoms. The monoisotopic (exact) mass is 256 g/mol. The number of carbonyl (C=O) groups is 2. The van der Waals surface area contributed by atoms with Gasteiger partial charge in [-0.05, 0) is 32.1 Å². The zero-order valence-electron chi connectivity index (χ0n) is 11.6. The smallest absolute Gasteiger partial charge is 0.303 e. The van der Waals surface area contributed by atoms with Crippen molar-refractivity contribution in [1.29, 1.82) is 0 Å². The molecule has 1 N–H and O–H groups in total. The minimum absolute atomic E-state index is 0.107. The maximum atomic E-state index is 11.6. The molecule has 0 aromatic heterocycles. The van der Waals surface area contributed by atoms with Crippen LogP contribution in [0.2, 0.25) is 0 Å². The van der Waals surface area contributed by atoms with Crippen LogP contribution in [0, 0.1) is 11.8 Å². The van der Waals surface area contributed by atoms with Crippen LogP contribution in [0.4, 0.5) is 0 Å². The zero-order chi connectivity index (χ0) is 13.8. The van der Waals surface area contributed by atoms with Crippen LogP contribution in [0.15, 0.2) is 0 Å². The van der Waals surface area contributed by atoms with E-state index in [-0.39, 0.29) is 23.7 Å². The van der Waals surface area contributed by atoms with E-state index >= 15 is 0 Å². The van der Waals surface area contributed by atoms with Crippen molar-refractivity contribution in [2.75, 3.05) is 6.61 Å². The minimum atomic E-state index is -0.802. The normalized spacial score (nSPS) is 27.3. The molecule has 1 rings (SSSR count). The fourth-order valence-electron chi connectivity index (χ4n) is 2.40. The van der Waals surface area contributed by atoms with Gasteiger partial charge in [-0.15, -0.1) is 0 Å². The highest BCUT2D eigenvalue weighted by atomic mass is 16.5. The topological polar surface area (TPSA) is 63.6 Å². The van der Waals surface area contributed by atoms with Crippen molar-refractivity contribution in [2.24, 2.45) is 11.8 Å². The summed E-state index contributed by atoms with van der Waals surface area (Å²) >= 11 is 0. The van der Waals surface area contributed by atoms with Crippen molar-refractivity contribution >= 4 is 11.8 Å². The van der Waals surface area contributed by atoms with Crippen LogP contribution in [0.5, 0.6) is 0 Å². The Hall–Kier alpha value is -0.900. The number of carboxylic acids is 1. The summed E-state index contributed by atoms with van der Waals surface area (Å²) in [6, 6.07) is 0. The molecule has 1 saturated carbocycles. The Kier molecular flexibility index (Phi) is 5.32. The zero-order valence-corrected chi connectivity index (χ0v) is 11.6. The van der Waals surface area contributed by atoms with Gasteiger partial charge in [-0.2, -0.15) is 0 Å². The van der Waals surface area contributed by atoms with E-state index < -0.39 is 5.97 Å². The molecule has 0 aromatic rings. The van der Waals surface area contributed by atoms with Gasteiger partial charge in [-0.25, -0.2) is 0 Å². The van der Waals surface area contributed by atoms with Crippen LogP contribution >= 0.6 is 0 Å². The van der Waals surface area contributed by atoms with Gasteiger partial charge >= 0.3 is 5.97 Å². The molecule has 2 unspecified atom stereocenters. The summed E-state index contributed by atoms with van der Waals surface area (Å²) in [5.41, 5.74) is -0.357. The SMILES string of the molecule is CC(C)CCOC1(C)CC(=O)C1CCCC(=O)O. The van der Waals surface area contributed by atoms with Crippen molar-refractivity contribution in [3.63, 3.8) is 0 Å². The molecular weight excluding hydrogens is 232 g/mol. The second-order valence-electron chi connectivity index (χ2n) is 5.83. The Morgan fingerprint density at radius 2 is 2.22 bits per heavy atom. The van der Waals surface area contributed by atoms with Gasteiger partial charge in [0.2, 0.25) is 0 Å². The van der Waals surface area contributed by atoms with Gasteiger partial charge in [0, 0.05) is 25.4 Å². The molecule has 0 bridgehead atoms. The molecule has 0 spiro atoms. The number of Topliss-reactive ketones (excluding diaryl/α,β-unsaturated/α-hetero) is 1. The lowest BCUT2D eigenvalue weighted by atomic mass is 9.67. The van der Waals surface area contributed by atoms with E-state index in [1.54, 1.807) is 0 Å². The summed E-state index contributed by atoms with van der Waals surface area (Å²) in [6.45, 7) is 6.93. The first kappa shape index (κ1) is 15.2. The summed E-state index contributed by atoms with van der Waals surface area (Å²) in [5, 5.41) is 8.60. The lowest BCUT2D eigenvalue weighted by Gasteiger charge is -2.45. The molecule has 0 amide bonds. The van der Waals surface area contributed by atoms with E-state index in [0.29, 0.717) is 31.8 Å². The van der Waals surface area contributed by atoms with Crippen LogP contribution in [0.3, 0.4) is 0 Å². The summed E-state index contributed by atoms with van der Waals surface area (Å²) in [4.78, 5) is 22.1. The Morgan fingerprint density at radius 3 is 2.72 bits per heavy atom. The second-order valence-corrected chi connectivity index (χ2v) is 5.83. The quantitative estimate of drug-likeness (QED) is 0.725. The summed E-state index contributed by atoms with van der Waals surface area (Å²) < 4.78 is 5.85. The largest absolute Gasteiger partial charge is 0.481 e. The van der Waals surface area contributed by atoms with E-state index in [1.807, 2.05) is 6.92 Å². The van der Waals surface area contributed by atoms with E-state index in [2.05, 4.69) is 13.8 Å². The molecule has 0 aliphatic heterocycles. The lowest BCUT2D eigenvalue weighted by Crippen LogP contribution is -2.54. The molecule has 1 aliphatic rings. The molecule has 1 aliphatic carbocycles. The highest BCUT2D eigenvalue weighted by Gasteiger charge is 2.50. The summed E-state index contributed by atoms with van der Waals surface area (Å²) in [6.07, 6.45) is 2.78. The molecule has 1 fully saturated rings. The lowest BCUT2D eigenvalue weighted by molar-refractivity contribution is -0.169. The molecule has 0 aromatic carbocycles. The number of hydrogen-bond donors (Lipinski definition) is 1. The highest BCUT2D eigenvalue weighted by Crippen LogP contribution is 2.41. The van der Waals surface area contributed by atoms with Gasteiger partial charge in [0.15, 0.2) is 0 Å². The molecular formula is C14H24O4. The van der Waals surface area contributed by atoms with Gasteiger partial charge in [-0.1, -0.05) is 13.8 Å². The van der Waals surface area contributed by atoms with Crippen molar-refractivity contribution in [2.45, 2.75) is 58.5 Å². The maximum absolute atomic E-state index is 11.6. The number of carbonyl (C=O) groups excluding carboxylic acids is 1. The van der Waals surface area contributed by atoms with Crippen LogP contribution in [-0.4, -0.2) is 29.1 Å². The Morgan fingerprint density at radius 1 is 1.56 bits per heavy atom. The summed E-state index contributed by atoms with van der Waals surface area (Å²) in [7, 11) is 0. The van der Waals surface area contributed by atoms with Crippen LogP contribution < -0.4 is 0 Å². The molecule has 104 valence electrons. The molecule has 0 saturated heterocycles. The van der Waals surface area contributed by atoms with Crippen molar-refractivity contribution < 1.29 is 19.4 Å². The summed E-state index contributed by atoms with van der Waals surface area (Å²) in [5.74, 6) is -0.101. The van der Waals surface area contributed by atoms with E-state index in [0.717, 1.165) is 6.42 Å². The average Bonchev–Trinajstić information content (AvgIpc) is 2.23. The number of ketones is 1. The minimum Gasteiger partial charge on any atom is -0.481 e. The van der Waals surface area contributed by atoms with Gasteiger partial charge < -0.3 is 9.84 Å². The highest BCUT2D eigenvalue weighted by molar-refractivity contribution is 5.89. The van der Waals surface area contributed by atoms with Gasteiger partial charge in [0.05, 0.1) is 5.60 Å². The predicted molar refractivity (Wildman–Crippen MR) is 68.4 cm³/mol. The van der Waals surface area contributed by atoms with E-state index in [9.17, 15) is 9.59 Å². The number of ether oxygens (including phenoxy) is 1. The fraction of sp³-hybridized carbons (Fsp3) is 0.857. The van der Waals surface area contributed by atoms with E-state index in [4.69, 9.17) is 9.84 Å². The third-order valence-corrected chi connectivity index (χ3v) is 3.66. The van der Waals surface area contributed by atoms with Gasteiger partial charge in [-0.3, -0.25) is 9.59 Å². The molecule has 0 radical (unpaired) electrons. The van der Waals surface area contributed by atoms with Gasteiger partial charge in [0.25, 0.3) is 0 Å². The van der Waals surface area contributed by atoms with Crippen LogP contribution in [-0.2, 0) is 14.3 Å². The third-order valence-electron chi connectivity index (χ3n) is 3.66. The molecule has 4 heteroatoms. The molecule has 2 atom stereocenters. The first-order valence-electron chi connectivity index (χ1n) is 6.73. The second kappa shape index (κ2) is 6.32. The van der Waals surface area contributed by atoms with Crippen molar-refractivity contribution in [1.82, 2.24) is 0 Å². The fourth-order valence-corrected chi connectivity index (χ4v) is 2.40. The van der Waals surface area contributed by atoms with Crippen LogP contribution in [0.25, 0.3) is 0 Å². The van der Waals surface area contributed by atoms with Gasteiger partial charge in [0.1, 0.15) is 5.78 Å². The average molecular weight is 256 g/mol. The number of rotatable bonds is 8. The Labute approximate surface area is 109 Å². The first-order valence-corrected chi connectivity index (χ1v) is 6.73. The molecule has 4 nitrogen and oxygen atoms in total. The first-order chi connectivity index (χ1) is 8.35. The number of carboxylic acid groups (broad SMARTS) is 1. The van der Waals surface area contributed by atoms with E-state index in [1.165, 1.54) is 0 Å². The third kappa shape index (κ3) is 4.09. The number of hydrogen-bond acceptors (Lipinski definition) is 3. The van der Waals surface area contributed by atoms with Crippen molar-refractivity contribution in [3.05, 3.63) is 0 Å². The maximum Gasteiger partial charge on any atom is 0.303 e. The molecule has 0 heterocycles. The van der Waals surface area contributed by atoms with Crippen molar-refractivity contribution in [3.8, 4) is 0 Å². The Balaban J connectivity index is 2.35. The van der Waals surface area contributed by atoms with Crippen LogP contribution in [0.1, 0.15) is 52.9 Å². The number of aliphatic carboxylic acids is 1. The standard InChI is InChI=1S/C14H24O4/c1-10(2)7-8-18-14(3)9-12(15)11(14)5-4-6-13(16)17/h10-11H,4-9H2,1-3H3,(H,16,17). The Bertz CT molecular complexity index is 311.